The summed E-state index contributed by atoms with van der Waals surface area (Å²) in [5.74, 6) is 0.245. The van der Waals surface area contributed by atoms with Gasteiger partial charge in [0.1, 0.15) is 12.4 Å². The fourth-order valence-corrected chi connectivity index (χ4v) is 1.06. The molecule has 1 aliphatic rings. The third-order valence-electron chi connectivity index (χ3n) is 1.85. The summed E-state index contributed by atoms with van der Waals surface area (Å²) in [6, 6.07) is 8.03. The van der Waals surface area contributed by atoms with Crippen LogP contribution in [0, 0.1) is 0 Å². The predicted molar refractivity (Wildman–Crippen MR) is 58.9 cm³/mol. The SMILES string of the molecule is C1=Cc2ccccc2OC1.CCC(=O)O. The Morgan fingerprint density at radius 3 is 2.73 bits per heavy atom. The van der Waals surface area contributed by atoms with E-state index in [4.69, 9.17) is 9.84 Å². The number of hydrogen-bond donors (Lipinski definition) is 1. The van der Waals surface area contributed by atoms with Gasteiger partial charge in [0.05, 0.1) is 0 Å². The van der Waals surface area contributed by atoms with E-state index in [1.54, 1.807) is 6.92 Å². The van der Waals surface area contributed by atoms with Crippen molar-refractivity contribution in [3.8, 4) is 5.75 Å². The van der Waals surface area contributed by atoms with Crippen LogP contribution in [0.2, 0.25) is 0 Å². The van der Waals surface area contributed by atoms with E-state index in [2.05, 4.69) is 6.08 Å². The molecule has 0 unspecified atom stereocenters. The molecule has 0 aliphatic carbocycles. The van der Waals surface area contributed by atoms with Crippen molar-refractivity contribution in [2.24, 2.45) is 0 Å². The molecule has 1 aromatic carbocycles. The van der Waals surface area contributed by atoms with Gasteiger partial charge in [-0.05, 0) is 12.1 Å². The predicted octanol–water partition coefficient (Wildman–Crippen LogP) is 2.57. The topological polar surface area (TPSA) is 46.5 Å². The lowest BCUT2D eigenvalue weighted by molar-refractivity contribution is -0.136. The number of ether oxygens (including phenoxy) is 1. The van der Waals surface area contributed by atoms with Crippen molar-refractivity contribution in [2.45, 2.75) is 13.3 Å². The monoisotopic (exact) mass is 206 g/mol. The van der Waals surface area contributed by atoms with Crippen molar-refractivity contribution in [3.63, 3.8) is 0 Å². The number of rotatable bonds is 1. The second-order valence-corrected chi connectivity index (χ2v) is 3.00. The second kappa shape index (κ2) is 5.86. The molecule has 0 spiro atoms. The highest BCUT2D eigenvalue weighted by molar-refractivity contribution is 5.66. The molecule has 1 aliphatic heterocycles. The minimum Gasteiger partial charge on any atom is -0.489 e. The zero-order valence-electron chi connectivity index (χ0n) is 8.64. The van der Waals surface area contributed by atoms with Gasteiger partial charge in [-0.3, -0.25) is 4.79 Å². The summed E-state index contributed by atoms with van der Waals surface area (Å²) in [5.41, 5.74) is 1.17. The Labute approximate surface area is 89.0 Å². The maximum atomic E-state index is 9.37. The third-order valence-corrected chi connectivity index (χ3v) is 1.85. The van der Waals surface area contributed by atoms with E-state index in [1.807, 2.05) is 30.3 Å². The summed E-state index contributed by atoms with van der Waals surface area (Å²) >= 11 is 0. The highest BCUT2D eigenvalue weighted by Gasteiger charge is 2.01. The highest BCUT2D eigenvalue weighted by atomic mass is 16.5. The minimum atomic E-state index is -0.745. The van der Waals surface area contributed by atoms with Crippen LogP contribution in [0.15, 0.2) is 30.3 Å². The van der Waals surface area contributed by atoms with Crippen LogP contribution in [0.5, 0.6) is 5.75 Å². The molecule has 0 radical (unpaired) electrons. The van der Waals surface area contributed by atoms with Gasteiger partial charge in [-0.1, -0.05) is 31.2 Å². The molecular formula is C12H14O3. The molecule has 1 N–H and O–H groups in total. The molecule has 3 heteroatoms. The van der Waals surface area contributed by atoms with Crippen molar-refractivity contribution in [1.82, 2.24) is 0 Å². The van der Waals surface area contributed by atoms with Crippen molar-refractivity contribution >= 4 is 12.0 Å². The highest BCUT2D eigenvalue weighted by Crippen LogP contribution is 2.21. The van der Waals surface area contributed by atoms with Crippen molar-refractivity contribution in [1.29, 1.82) is 0 Å². The lowest BCUT2D eigenvalue weighted by Crippen LogP contribution is -1.98. The molecule has 0 aromatic heterocycles. The van der Waals surface area contributed by atoms with Gasteiger partial charge in [-0.25, -0.2) is 0 Å². The maximum Gasteiger partial charge on any atom is 0.303 e. The first kappa shape index (κ1) is 11.3. The van der Waals surface area contributed by atoms with E-state index in [9.17, 15) is 4.79 Å². The standard InChI is InChI=1S/C9H8O.C3H6O2/c1-2-6-9-8(4-1)5-3-7-10-9;1-2-3(4)5/h1-6H,7H2;2H2,1H3,(H,4,5). The smallest absolute Gasteiger partial charge is 0.303 e. The number of fused-ring (bicyclic) bond motifs is 1. The number of hydrogen-bond acceptors (Lipinski definition) is 2. The van der Waals surface area contributed by atoms with Crippen LogP contribution in [0.1, 0.15) is 18.9 Å². The fraction of sp³-hybridized carbons (Fsp3) is 0.250. The normalized spacial score (nSPS) is 11.8. The first-order valence-corrected chi connectivity index (χ1v) is 4.84. The summed E-state index contributed by atoms with van der Waals surface area (Å²) in [7, 11) is 0. The fourth-order valence-electron chi connectivity index (χ4n) is 1.06. The molecule has 15 heavy (non-hydrogen) atoms. The van der Waals surface area contributed by atoms with Crippen LogP contribution in [0.3, 0.4) is 0 Å². The van der Waals surface area contributed by atoms with Gasteiger partial charge in [0.15, 0.2) is 0 Å². The summed E-state index contributed by atoms with van der Waals surface area (Å²) < 4.78 is 5.34. The Bertz CT molecular complexity index is 356. The lowest BCUT2D eigenvalue weighted by atomic mass is 10.1. The molecule has 80 valence electrons. The second-order valence-electron chi connectivity index (χ2n) is 3.00. The Balaban J connectivity index is 0.000000195. The van der Waals surface area contributed by atoms with Gasteiger partial charge in [-0.15, -0.1) is 0 Å². The van der Waals surface area contributed by atoms with Crippen LogP contribution in [-0.2, 0) is 4.79 Å². The van der Waals surface area contributed by atoms with Crippen LogP contribution in [0.25, 0.3) is 6.08 Å². The quantitative estimate of drug-likeness (QED) is 0.768. The lowest BCUT2D eigenvalue weighted by Gasteiger charge is -2.10. The average Bonchev–Trinajstić information content (AvgIpc) is 2.30. The number of carboxylic acid groups (broad SMARTS) is 1. The number of carbonyl (C=O) groups is 1. The van der Waals surface area contributed by atoms with E-state index in [0.29, 0.717) is 6.61 Å². The van der Waals surface area contributed by atoms with Crippen LogP contribution in [0.4, 0.5) is 0 Å². The minimum absolute atomic E-state index is 0.222. The molecule has 0 saturated carbocycles. The largest absolute Gasteiger partial charge is 0.489 e. The summed E-state index contributed by atoms with van der Waals surface area (Å²) in [5, 5.41) is 7.72. The average molecular weight is 206 g/mol. The number of benzene rings is 1. The maximum absolute atomic E-state index is 9.37. The summed E-state index contributed by atoms with van der Waals surface area (Å²) in [6.07, 6.45) is 4.32. The van der Waals surface area contributed by atoms with Gasteiger partial charge < -0.3 is 9.84 Å². The van der Waals surface area contributed by atoms with E-state index in [1.165, 1.54) is 5.56 Å². The van der Waals surface area contributed by atoms with Crippen LogP contribution < -0.4 is 4.74 Å². The Morgan fingerprint density at radius 2 is 2.13 bits per heavy atom. The first-order valence-electron chi connectivity index (χ1n) is 4.84. The number of para-hydroxylation sites is 1. The number of aliphatic carboxylic acids is 1. The van der Waals surface area contributed by atoms with Crippen molar-refractivity contribution in [3.05, 3.63) is 35.9 Å². The molecule has 3 nitrogen and oxygen atoms in total. The zero-order chi connectivity index (χ0) is 11.1. The van der Waals surface area contributed by atoms with Gasteiger partial charge >= 0.3 is 5.97 Å². The van der Waals surface area contributed by atoms with E-state index in [-0.39, 0.29) is 6.42 Å². The molecule has 0 bridgehead atoms. The van der Waals surface area contributed by atoms with Gasteiger partial charge in [0.2, 0.25) is 0 Å². The van der Waals surface area contributed by atoms with Crippen molar-refractivity contribution < 1.29 is 14.6 Å². The molecule has 0 fully saturated rings. The van der Waals surface area contributed by atoms with Gasteiger partial charge in [-0.2, -0.15) is 0 Å². The summed E-state index contributed by atoms with van der Waals surface area (Å²) in [4.78, 5) is 9.37. The van der Waals surface area contributed by atoms with E-state index < -0.39 is 5.97 Å². The third kappa shape index (κ3) is 3.85. The van der Waals surface area contributed by atoms with Crippen LogP contribution in [-0.4, -0.2) is 17.7 Å². The first-order chi connectivity index (χ1) is 7.24. The van der Waals surface area contributed by atoms with E-state index >= 15 is 0 Å². The Morgan fingerprint density at radius 1 is 1.47 bits per heavy atom. The van der Waals surface area contributed by atoms with Gasteiger partial charge in [0, 0.05) is 12.0 Å². The molecule has 0 atom stereocenters. The van der Waals surface area contributed by atoms with Crippen molar-refractivity contribution in [2.75, 3.05) is 6.61 Å². The molecule has 0 saturated heterocycles. The molecule has 1 heterocycles. The van der Waals surface area contributed by atoms with Crippen LogP contribution >= 0.6 is 0 Å². The molecular weight excluding hydrogens is 192 g/mol. The molecule has 0 amide bonds. The molecule has 2 rings (SSSR count). The Hall–Kier alpha value is -1.77. The zero-order valence-corrected chi connectivity index (χ0v) is 8.64. The van der Waals surface area contributed by atoms with Gasteiger partial charge in [0.25, 0.3) is 0 Å². The molecule has 1 aromatic rings. The number of carboxylic acids is 1. The summed E-state index contributed by atoms with van der Waals surface area (Å²) in [6.45, 7) is 2.30. The van der Waals surface area contributed by atoms with E-state index in [0.717, 1.165) is 5.75 Å². The Kier molecular flexibility index (Phi) is 4.41.